The number of carbonyl (C=O) groups is 1. The Morgan fingerprint density at radius 3 is 2.28 bits per heavy atom. The van der Waals surface area contributed by atoms with Crippen molar-refractivity contribution in [2.24, 2.45) is 0 Å². The molecule has 0 radical (unpaired) electrons. The number of methoxy groups -OCH3 is 2. The van der Waals surface area contributed by atoms with Crippen LogP contribution >= 0.6 is 11.6 Å². The fourth-order valence-electron chi connectivity index (χ4n) is 5.59. The molecule has 2 aromatic carbocycles. The third-order valence-electron chi connectivity index (χ3n) is 7.97. The molecule has 2 aliphatic rings. The molecule has 3 N–H and O–H groups in total. The number of piperazine rings is 1. The number of nitrogens with zero attached hydrogens (tertiary/aromatic N) is 5. The first-order chi connectivity index (χ1) is 20.9. The van der Waals surface area contributed by atoms with Crippen molar-refractivity contribution >= 4 is 51.9 Å². The van der Waals surface area contributed by atoms with E-state index in [9.17, 15) is 4.79 Å². The lowest BCUT2D eigenvalue weighted by Gasteiger charge is -2.43. The number of carbonyl (C=O) groups excluding carboxylic acids is 1. The van der Waals surface area contributed by atoms with Gasteiger partial charge in [-0.2, -0.15) is 0 Å². The summed E-state index contributed by atoms with van der Waals surface area (Å²) >= 11 is 6.28. The minimum Gasteiger partial charge on any atom is -0.495 e. The van der Waals surface area contributed by atoms with E-state index in [1.807, 2.05) is 18.2 Å². The molecule has 0 bridgehead atoms. The topological polar surface area (TPSA) is 107 Å². The summed E-state index contributed by atoms with van der Waals surface area (Å²) < 4.78 is 11.0. The van der Waals surface area contributed by atoms with Crippen molar-refractivity contribution < 1.29 is 14.3 Å². The van der Waals surface area contributed by atoms with Crippen LogP contribution in [0.1, 0.15) is 12.8 Å². The molecule has 2 saturated heterocycles. The number of benzene rings is 2. The van der Waals surface area contributed by atoms with Gasteiger partial charge < -0.3 is 35.2 Å². The Morgan fingerprint density at radius 2 is 1.63 bits per heavy atom. The Morgan fingerprint density at radius 1 is 0.930 bits per heavy atom. The minimum absolute atomic E-state index is 0.283. The molecule has 0 unspecified atom stereocenters. The zero-order chi connectivity index (χ0) is 30.3. The number of hydrogen-bond donors (Lipinski definition) is 3. The summed E-state index contributed by atoms with van der Waals surface area (Å²) in [7, 11) is 5.40. The summed E-state index contributed by atoms with van der Waals surface area (Å²) in [5, 5.41) is 10.0. The Kier molecular flexibility index (Phi) is 9.86. The maximum Gasteiger partial charge on any atom is 0.247 e. The summed E-state index contributed by atoms with van der Waals surface area (Å²) in [4.78, 5) is 28.5. The molecule has 2 fully saturated rings. The van der Waals surface area contributed by atoms with Crippen molar-refractivity contribution in [3.8, 4) is 11.5 Å². The van der Waals surface area contributed by atoms with Crippen LogP contribution in [0.5, 0.6) is 11.5 Å². The van der Waals surface area contributed by atoms with Crippen molar-refractivity contribution in [1.29, 1.82) is 0 Å². The zero-order valence-corrected chi connectivity index (χ0v) is 25.7. The molecule has 0 saturated carbocycles. The summed E-state index contributed by atoms with van der Waals surface area (Å²) in [6, 6.07) is 11.6. The number of ether oxygens (including phenoxy) is 2. The Hall–Kier alpha value is -4.06. The number of aromatic nitrogens is 2. The van der Waals surface area contributed by atoms with Crippen LogP contribution in [0.15, 0.2) is 55.4 Å². The molecule has 11 nitrogen and oxygen atoms in total. The fourth-order valence-corrected chi connectivity index (χ4v) is 5.85. The van der Waals surface area contributed by atoms with Crippen LogP contribution in [-0.2, 0) is 4.79 Å². The molecular formula is C31H39ClN8O3. The van der Waals surface area contributed by atoms with Gasteiger partial charge in [0.2, 0.25) is 5.91 Å². The highest BCUT2D eigenvalue weighted by molar-refractivity contribution is 6.32. The SMILES string of the molecule is C=CC(=O)Nc1cc(Nc2cc(Nc3ccc(OC)c(Cl)c3)ncn2)c(OC)cc1N1CCN(C2CCN(C)CC2)CC1. The lowest BCUT2D eigenvalue weighted by Crippen LogP contribution is -2.53. The highest BCUT2D eigenvalue weighted by Crippen LogP contribution is 2.39. The third kappa shape index (κ3) is 7.48. The first kappa shape index (κ1) is 30.4. The van der Waals surface area contributed by atoms with Crippen LogP contribution in [0, 0.1) is 0 Å². The van der Waals surface area contributed by atoms with E-state index < -0.39 is 0 Å². The maximum atomic E-state index is 12.5. The zero-order valence-electron chi connectivity index (χ0n) is 24.9. The molecular weight excluding hydrogens is 568 g/mol. The van der Waals surface area contributed by atoms with E-state index in [-0.39, 0.29) is 5.91 Å². The Bertz CT molecular complexity index is 1440. The van der Waals surface area contributed by atoms with Crippen LogP contribution in [0.3, 0.4) is 0 Å². The third-order valence-corrected chi connectivity index (χ3v) is 8.27. The van der Waals surface area contributed by atoms with Gasteiger partial charge in [0.25, 0.3) is 0 Å². The second kappa shape index (κ2) is 13.9. The quantitative estimate of drug-likeness (QED) is 0.274. The second-order valence-electron chi connectivity index (χ2n) is 10.7. The number of hydrogen-bond acceptors (Lipinski definition) is 10. The number of amides is 1. The van der Waals surface area contributed by atoms with Gasteiger partial charge in [-0.25, -0.2) is 9.97 Å². The average molecular weight is 607 g/mol. The molecule has 0 spiro atoms. The van der Waals surface area contributed by atoms with E-state index in [0.717, 1.165) is 50.6 Å². The number of likely N-dealkylation sites (tertiary alicyclic amines) is 1. The first-order valence-electron chi connectivity index (χ1n) is 14.4. The van der Waals surface area contributed by atoms with Gasteiger partial charge in [-0.05, 0) is 63.3 Å². The Labute approximate surface area is 257 Å². The molecule has 1 amide bonds. The van der Waals surface area contributed by atoms with E-state index in [0.29, 0.717) is 45.6 Å². The van der Waals surface area contributed by atoms with E-state index in [2.05, 4.69) is 54.2 Å². The van der Waals surface area contributed by atoms with Crippen LogP contribution in [0.25, 0.3) is 0 Å². The molecule has 3 heterocycles. The van der Waals surface area contributed by atoms with E-state index in [4.69, 9.17) is 21.1 Å². The van der Waals surface area contributed by atoms with Gasteiger partial charge in [-0.3, -0.25) is 9.69 Å². The number of nitrogens with one attached hydrogen (secondary N) is 3. The van der Waals surface area contributed by atoms with Crippen LogP contribution in [-0.4, -0.2) is 92.3 Å². The predicted octanol–water partition coefficient (Wildman–Crippen LogP) is 4.98. The monoisotopic (exact) mass is 606 g/mol. The smallest absolute Gasteiger partial charge is 0.247 e. The molecule has 228 valence electrons. The van der Waals surface area contributed by atoms with Gasteiger partial charge in [0.15, 0.2) is 0 Å². The summed E-state index contributed by atoms with van der Waals surface area (Å²) in [5.74, 6) is 2.03. The van der Waals surface area contributed by atoms with Gasteiger partial charge in [0, 0.05) is 50.0 Å². The van der Waals surface area contributed by atoms with Crippen molar-refractivity contribution in [2.75, 3.05) is 81.4 Å². The average Bonchev–Trinajstić information content (AvgIpc) is 3.02. The Balaban J connectivity index is 1.35. The lowest BCUT2D eigenvalue weighted by atomic mass is 10.0. The molecule has 12 heteroatoms. The number of anilines is 6. The van der Waals surface area contributed by atoms with E-state index in [1.165, 1.54) is 25.2 Å². The second-order valence-corrected chi connectivity index (χ2v) is 11.1. The van der Waals surface area contributed by atoms with Gasteiger partial charge in [-0.1, -0.05) is 18.2 Å². The molecule has 1 aromatic heterocycles. The molecule has 3 aromatic rings. The predicted molar refractivity (Wildman–Crippen MR) is 173 cm³/mol. The van der Waals surface area contributed by atoms with Crippen molar-refractivity contribution in [3.05, 3.63) is 60.4 Å². The minimum atomic E-state index is -0.283. The number of halogens is 1. The van der Waals surface area contributed by atoms with Gasteiger partial charge >= 0.3 is 0 Å². The van der Waals surface area contributed by atoms with Gasteiger partial charge in [0.1, 0.15) is 29.5 Å². The van der Waals surface area contributed by atoms with Crippen molar-refractivity contribution in [1.82, 2.24) is 19.8 Å². The van der Waals surface area contributed by atoms with Gasteiger partial charge in [-0.15, -0.1) is 0 Å². The highest BCUT2D eigenvalue weighted by atomic mass is 35.5. The van der Waals surface area contributed by atoms with Crippen LogP contribution in [0.2, 0.25) is 5.02 Å². The van der Waals surface area contributed by atoms with Gasteiger partial charge in [0.05, 0.1) is 36.3 Å². The normalized spacial score (nSPS) is 16.4. The largest absolute Gasteiger partial charge is 0.495 e. The van der Waals surface area contributed by atoms with Crippen molar-refractivity contribution in [3.63, 3.8) is 0 Å². The van der Waals surface area contributed by atoms with Crippen LogP contribution < -0.4 is 30.3 Å². The summed E-state index contributed by atoms with van der Waals surface area (Å²) in [6.45, 7) is 9.59. The maximum absolute atomic E-state index is 12.5. The molecule has 2 aliphatic heterocycles. The molecule has 5 rings (SSSR count). The lowest BCUT2D eigenvalue weighted by molar-refractivity contribution is -0.111. The van der Waals surface area contributed by atoms with Crippen molar-refractivity contribution in [2.45, 2.75) is 18.9 Å². The van der Waals surface area contributed by atoms with E-state index >= 15 is 0 Å². The molecule has 0 aliphatic carbocycles. The standard InChI is InChI=1S/C31H39ClN8O3/c1-5-31(41)37-24-17-25(36-30-19-29(33-20-34-30)35-21-6-7-27(42-3)23(32)16-21)28(43-4)18-26(24)40-14-12-39(13-15-40)22-8-10-38(2)11-9-22/h5-7,16-20,22H,1,8-15H2,2-4H3,(H,37,41)(H2,33,34,35,36). The number of rotatable bonds is 10. The van der Waals surface area contributed by atoms with Crippen LogP contribution in [0.4, 0.5) is 34.4 Å². The molecule has 0 atom stereocenters. The summed E-state index contributed by atoms with van der Waals surface area (Å²) in [5.41, 5.74) is 2.97. The summed E-state index contributed by atoms with van der Waals surface area (Å²) in [6.07, 6.45) is 5.15. The fraction of sp³-hybridized carbons (Fsp3) is 0.387. The first-order valence-corrected chi connectivity index (χ1v) is 14.8. The highest BCUT2D eigenvalue weighted by Gasteiger charge is 2.28. The van der Waals surface area contributed by atoms with E-state index in [1.54, 1.807) is 32.4 Å². The molecule has 43 heavy (non-hydrogen) atoms. The number of piperidine rings is 1.